The zero-order valence-electron chi connectivity index (χ0n) is 10.2. The summed E-state index contributed by atoms with van der Waals surface area (Å²) in [5.41, 5.74) is 2.04. The van der Waals surface area contributed by atoms with E-state index in [1.54, 1.807) is 18.3 Å². The van der Waals surface area contributed by atoms with Crippen LogP contribution in [0.4, 0.5) is 0 Å². The number of aldehydes is 1. The van der Waals surface area contributed by atoms with Crippen LogP contribution in [0.5, 0.6) is 11.5 Å². The van der Waals surface area contributed by atoms with Gasteiger partial charge in [0.05, 0.1) is 25.5 Å². The van der Waals surface area contributed by atoms with Gasteiger partial charge in [-0.2, -0.15) is 0 Å². The Morgan fingerprint density at radius 1 is 1.17 bits per heavy atom. The van der Waals surface area contributed by atoms with Crippen molar-refractivity contribution in [3.05, 3.63) is 42.1 Å². The summed E-state index contributed by atoms with van der Waals surface area (Å²) in [6, 6.07) is 9.13. The predicted molar refractivity (Wildman–Crippen MR) is 68.2 cm³/mol. The molecular weight excluding hydrogens is 230 g/mol. The van der Waals surface area contributed by atoms with Gasteiger partial charge < -0.3 is 9.47 Å². The number of nitrogens with zero attached hydrogens (tertiary/aromatic N) is 1. The Kier molecular flexibility index (Phi) is 3.57. The average Bonchev–Trinajstić information content (AvgIpc) is 2.46. The quantitative estimate of drug-likeness (QED) is 0.774. The van der Waals surface area contributed by atoms with Gasteiger partial charge in [0.1, 0.15) is 0 Å². The summed E-state index contributed by atoms with van der Waals surface area (Å²) in [7, 11) is 3.04. The molecule has 0 aliphatic rings. The highest BCUT2D eigenvalue weighted by atomic mass is 16.5. The van der Waals surface area contributed by atoms with Gasteiger partial charge in [-0.15, -0.1) is 0 Å². The monoisotopic (exact) mass is 243 g/mol. The molecule has 1 aromatic heterocycles. The first-order chi connectivity index (χ1) is 8.80. The molecule has 4 nitrogen and oxygen atoms in total. The summed E-state index contributed by atoms with van der Waals surface area (Å²) >= 11 is 0. The van der Waals surface area contributed by atoms with Gasteiger partial charge in [-0.1, -0.05) is 6.07 Å². The van der Waals surface area contributed by atoms with Crippen LogP contribution in [0.2, 0.25) is 0 Å². The normalized spacial score (nSPS) is 9.89. The number of carbonyl (C=O) groups excluding carboxylic acids is 1. The number of methoxy groups -OCH3 is 2. The molecule has 0 saturated carbocycles. The molecule has 0 N–H and O–H groups in total. The molecule has 0 bridgehead atoms. The minimum atomic E-state index is 0.437. The standard InChI is InChI=1S/C14H13NO3/c1-17-13-8-10(12-5-3-4-6-15-12)7-11(9-16)14(13)18-2/h3-9H,1-2H3. The summed E-state index contributed by atoms with van der Waals surface area (Å²) < 4.78 is 10.4. The molecule has 0 amide bonds. The van der Waals surface area contributed by atoms with E-state index in [1.165, 1.54) is 14.2 Å². The molecule has 18 heavy (non-hydrogen) atoms. The van der Waals surface area contributed by atoms with Crippen molar-refractivity contribution >= 4 is 6.29 Å². The van der Waals surface area contributed by atoms with Crippen LogP contribution in [0.1, 0.15) is 10.4 Å². The van der Waals surface area contributed by atoms with Crippen LogP contribution in [0.25, 0.3) is 11.3 Å². The number of hydrogen-bond acceptors (Lipinski definition) is 4. The van der Waals surface area contributed by atoms with Crippen molar-refractivity contribution < 1.29 is 14.3 Å². The minimum absolute atomic E-state index is 0.437. The summed E-state index contributed by atoms with van der Waals surface area (Å²) in [5.74, 6) is 0.954. The van der Waals surface area contributed by atoms with Crippen molar-refractivity contribution in [2.45, 2.75) is 0 Å². The van der Waals surface area contributed by atoms with Gasteiger partial charge in [-0.25, -0.2) is 0 Å². The van der Waals surface area contributed by atoms with Gasteiger partial charge >= 0.3 is 0 Å². The Morgan fingerprint density at radius 2 is 2.00 bits per heavy atom. The fraction of sp³-hybridized carbons (Fsp3) is 0.143. The van der Waals surface area contributed by atoms with Crippen LogP contribution < -0.4 is 9.47 Å². The van der Waals surface area contributed by atoms with Crippen LogP contribution >= 0.6 is 0 Å². The van der Waals surface area contributed by atoms with Crippen molar-refractivity contribution in [3.63, 3.8) is 0 Å². The Hall–Kier alpha value is -2.36. The second-order valence-electron chi connectivity index (χ2n) is 3.63. The Morgan fingerprint density at radius 3 is 2.56 bits per heavy atom. The Bertz CT molecular complexity index is 552. The van der Waals surface area contributed by atoms with Crippen molar-refractivity contribution in [2.75, 3.05) is 14.2 Å². The van der Waals surface area contributed by atoms with Crippen molar-refractivity contribution in [1.29, 1.82) is 0 Å². The first kappa shape index (κ1) is 12.1. The van der Waals surface area contributed by atoms with Crippen LogP contribution in [0.15, 0.2) is 36.5 Å². The molecule has 0 unspecified atom stereocenters. The molecule has 2 aromatic rings. The van der Waals surface area contributed by atoms with Gasteiger partial charge in [0.25, 0.3) is 0 Å². The van der Waals surface area contributed by atoms with E-state index >= 15 is 0 Å². The lowest BCUT2D eigenvalue weighted by Gasteiger charge is -2.11. The number of ether oxygens (including phenoxy) is 2. The maximum atomic E-state index is 11.1. The molecule has 0 fully saturated rings. The fourth-order valence-corrected chi connectivity index (χ4v) is 1.76. The molecule has 92 valence electrons. The molecule has 4 heteroatoms. The van der Waals surface area contributed by atoms with E-state index in [9.17, 15) is 4.79 Å². The van der Waals surface area contributed by atoms with Gasteiger partial charge in [-0.05, 0) is 24.3 Å². The predicted octanol–water partition coefficient (Wildman–Crippen LogP) is 2.58. The molecule has 1 heterocycles. The SMILES string of the molecule is COc1cc(-c2ccccn2)cc(C=O)c1OC. The fourth-order valence-electron chi connectivity index (χ4n) is 1.76. The maximum absolute atomic E-state index is 11.1. The van der Waals surface area contributed by atoms with Crippen LogP contribution in [-0.2, 0) is 0 Å². The number of rotatable bonds is 4. The summed E-state index contributed by atoms with van der Waals surface area (Å²) in [6.07, 6.45) is 2.44. The van der Waals surface area contributed by atoms with Crippen molar-refractivity contribution in [1.82, 2.24) is 4.98 Å². The van der Waals surface area contributed by atoms with E-state index in [-0.39, 0.29) is 0 Å². The van der Waals surface area contributed by atoms with Crippen molar-refractivity contribution in [3.8, 4) is 22.8 Å². The third-order valence-corrected chi connectivity index (χ3v) is 2.60. The van der Waals surface area contributed by atoms with Gasteiger partial charge in [0.15, 0.2) is 17.8 Å². The van der Waals surface area contributed by atoms with Crippen LogP contribution in [0.3, 0.4) is 0 Å². The number of hydrogen-bond donors (Lipinski definition) is 0. The largest absolute Gasteiger partial charge is 0.493 e. The molecule has 0 aliphatic heterocycles. The Labute approximate surface area is 105 Å². The zero-order valence-corrected chi connectivity index (χ0v) is 10.2. The lowest BCUT2D eigenvalue weighted by Crippen LogP contribution is -1.96. The third kappa shape index (κ3) is 2.18. The van der Waals surface area contributed by atoms with Gasteiger partial charge in [0, 0.05) is 11.8 Å². The van der Waals surface area contributed by atoms with Crippen LogP contribution in [0, 0.1) is 0 Å². The molecular formula is C14H13NO3. The Balaban J connectivity index is 2.60. The van der Waals surface area contributed by atoms with E-state index in [2.05, 4.69) is 4.98 Å². The molecule has 0 saturated heterocycles. The van der Waals surface area contributed by atoms with Crippen LogP contribution in [-0.4, -0.2) is 25.5 Å². The highest BCUT2D eigenvalue weighted by Crippen LogP contribution is 2.34. The molecule has 2 rings (SSSR count). The van der Waals surface area contributed by atoms with E-state index < -0.39 is 0 Å². The topological polar surface area (TPSA) is 48.4 Å². The highest BCUT2D eigenvalue weighted by molar-refractivity contribution is 5.84. The molecule has 0 radical (unpaired) electrons. The summed E-state index contributed by atoms with van der Waals surface area (Å²) in [4.78, 5) is 15.3. The second kappa shape index (κ2) is 5.31. The molecule has 0 atom stereocenters. The van der Waals surface area contributed by atoms with E-state index in [1.807, 2.05) is 18.2 Å². The second-order valence-corrected chi connectivity index (χ2v) is 3.63. The highest BCUT2D eigenvalue weighted by Gasteiger charge is 2.13. The number of pyridine rings is 1. The number of aromatic nitrogens is 1. The maximum Gasteiger partial charge on any atom is 0.171 e. The lowest BCUT2D eigenvalue weighted by atomic mass is 10.1. The zero-order chi connectivity index (χ0) is 13.0. The first-order valence-corrected chi connectivity index (χ1v) is 5.42. The summed E-state index contributed by atoms with van der Waals surface area (Å²) in [6.45, 7) is 0. The lowest BCUT2D eigenvalue weighted by molar-refractivity contribution is 0.112. The van der Waals surface area contributed by atoms with E-state index in [4.69, 9.17) is 9.47 Å². The number of benzene rings is 1. The van der Waals surface area contributed by atoms with E-state index in [0.717, 1.165) is 17.5 Å². The minimum Gasteiger partial charge on any atom is -0.493 e. The molecule has 0 spiro atoms. The van der Waals surface area contributed by atoms with E-state index in [0.29, 0.717) is 17.1 Å². The third-order valence-electron chi connectivity index (χ3n) is 2.60. The summed E-state index contributed by atoms with van der Waals surface area (Å²) in [5, 5.41) is 0. The first-order valence-electron chi connectivity index (χ1n) is 5.42. The van der Waals surface area contributed by atoms with Crippen molar-refractivity contribution in [2.24, 2.45) is 0 Å². The van der Waals surface area contributed by atoms with Gasteiger partial charge in [-0.3, -0.25) is 9.78 Å². The molecule has 1 aromatic carbocycles. The number of carbonyl (C=O) groups is 1. The van der Waals surface area contributed by atoms with Gasteiger partial charge in [0.2, 0.25) is 0 Å². The average molecular weight is 243 g/mol. The smallest absolute Gasteiger partial charge is 0.171 e. The molecule has 0 aliphatic carbocycles.